The van der Waals surface area contributed by atoms with Crippen LogP contribution in [0.1, 0.15) is 15.9 Å². The number of rotatable bonds is 4. The molecule has 1 rings (SSSR count). The van der Waals surface area contributed by atoms with E-state index in [4.69, 9.17) is 0 Å². The molecule has 0 saturated carbocycles. The van der Waals surface area contributed by atoms with Crippen molar-refractivity contribution in [2.24, 2.45) is 0 Å². The minimum Gasteiger partial charge on any atom is -0.508 e. The Hall–Kier alpha value is -1.55. The van der Waals surface area contributed by atoms with E-state index in [1.54, 1.807) is 19.1 Å². The van der Waals surface area contributed by atoms with Crippen molar-refractivity contribution >= 4 is 5.91 Å². The topological polar surface area (TPSA) is 61.4 Å². The molecule has 0 aromatic heterocycles. The molecule has 0 radical (unpaired) electrons. The number of likely N-dealkylation sites (N-methyl/N-ethyl adjacent to an activating group) is 1. The van der Waals surface area contributed by atoms with Crippen LogP contribution in [0.3, 0.4) is 0 Å². The molecule has 0 atom stereocenters. The molecule has 0 spiro atoms. The summed E-state index contributed by atoms with van der Waals surface area (Å²) in [5.41, 5.74) is 1.38. The first-order chi connectivity index (χ1) is 7.15. The lowest BCUT2D eigenvalue weighted by atomic mass is 10.1. The van der Waals surface area contributed by atoms with Crippen molar-refractivity contribution < 1.29 is 9.90 Å². The predicted molar refractivity (Wildman–Crippen MR) is 59.1 cm³/mol. The second-order valence-corrected chi connectivity index (χ2v) is 3.36. The Morgan fingerprint density at radius 2 is 2.13 bits per heavy atom. The van der Waals surface area contributed by atoms with Gasteiger partial charge in [0.2, 0.25) is 0 Å². The predicted octanol–water partition coefficient (Wildman–Crippen LogP) is 0.650. The van der Waals surface area contributed by atoms with Gasteiger partial charge in [-0.2, -0.15) is 0 Å². The molecule has 0 bridgehead atoms. The number of amides is 1. The summed E-state index contributed by atoms with van der Waals surface area (Å²) in [7, 11) is 1.83. The Bertz CT molecular complexity index is 350. The fraction of sp³-hybridized carbons (Fsp3) is 0.364. The van der Waals surface area contributed by atoms with Crippen LogP contribution >= 0.6 is 0 Å². The number of hydrogen-bond donors (Lipinski definition) is 3. The van der Waals surface area contributed by atoms with Gasteiger partial charge in [0.05, 0.1) is 0 Å². The molecule has 4 nitrogen and oxygen atoms in total. The van der Waals surface area contributed by atoms with E-state index in [-0.39, 0.29) is 11.7 Å². The molecular formula is C11H16N2O2. The summed E-state index contributed by atoms with van der Waals surface area (Å²) in [4.78, 5) is 11.6. The maximum absolute atomic E-state index is 11.6. The second-order valence-electron chi connectivity index (χ2n) is 3.36. The third kappa shape index (κ3) is 3.25. The first-order valence-electron chi connectivity index (χ1n) is 4.87. The normalized spacial score (nSPS) is 10.0. The molecule has 3 N–H and O–H groups in total. The van der Waals surface area contributed by atoms with Crippen molar-refractivity contribution in [3.63, 3.8) is 0 Å². The van der Waals surface area contributed by atoms with E-state index >= 15 is 0 Å². The fourth-order valence-electron chi connectivity index (χ4n) is 1.30. The van der Waals surface area contributed by atoms with Gasteiger partial charge in [-0.1, -0.05) is 0 Å². The number of phenolic OH excluding ortho intramolecular Hbond substituents is 1. The highest BCUT2D eigenvalue weighted by atomic mass is 16.3. The van der Waals surface area contributed by atoms with E-state index in [1.165, 1.54) is 6.07 Å². The summed E-state index contributed by atoms with van der Waals surface area (Å²) >= 11 is 0. The van der Waals surface area contributed by atoms with Gasteiger partial charge in [0.15, 0.2) is 0 Å². The van der Waals surface area contributed by atoms with Crippen molar-refractivity contribution in [2.45, 2.75) is 6.92 Å². The van der Waals surface area contributed by atoms with Crippen molar-refractivity contribution in [3.8, 4) is 5.75 Å². The van der Waals surface area contributed by atoms with Crippen LogP contribution in [0, 0.1) is 6.92 Å². The van der Waals surface area contributed by atoms with Crippen molar-refractivity contribution in [1.82, 2.24) is 10.6 Å². The van der Waals surface area contributed by atoms with E-state index in [0.29, 0.717) is 12.1 Å². The monoisotopic (exact) mass is 208 g/mol. The van der Waals surface area contributed by atoms with Crippen molar-refractivity contribution in [2.75, 3.05) is 20.1 Å². The third-order valence-electron chi connectivity index (χ3n) is 2.12. The number of aromatic hydroxyl groups is 1. The van der Waals surface area contributed by atoms with Gasteiger partial charge < -0.3 is 15.7 Å². The first kappa shape index (κ1) is 11.5. The summed E-state index contributed by atoms with van der Waals surface area (Å²) in [6.45, 7) is 3.13. The van der Waals surface area contributed by atoms with Gasteiger partial charge in [-0.3, -0.25) is 4.79 Å². The van der Waals surface area contributed by atoms with Gasteiger partial charge in [0, 0.05) is 18.7 Å². The molecule has 4 heteroatoms. The molecule has 0 aliphatic heterocycles. The zero-order valence-electron chi connectivity index (χ0n) is 9.00. The number of benzene rings is 1. The van der Waals surface area contributed by atoms with Crippen LogP contribution in [0.4, 0.5) is 0 Å². The van der Waals surface area contributed by atoms with E-state index in [0.717, 1.165) is 12.1 Å². The van der Waals surface area contributed by atoms with Crippen LogP contribution in [0.15, 0.2) is 18.2 Å². The zero-order valence-corrected chi connectivity index (χ0v) is 9.00. The number of nitrogens with one attached hydrogen (secondary N) is 2. The smallest absolute Gasteiger partial charge is 0.251 e. The maximum Gasteiger partial charge on any atom is 0.251 e. The number of carbonyl (C=O) groups is 1. The van der Waals surface area contributed by atoms with Gasteiger partial charge in [0.1, 0.15) is 5.75 Å². The fourth-order valence-corrected chi connectivity index (χ4v) is 1.30. The minimum atomic E-state index is -0.109. The Balaban J connectivity index is 2.65. The molecule has 0 aliphatic rings. The van der Waals surface area contributed by atoms with Crippen LogP contribution in [-0.2, 0) is 0 Å². The number of aryl methyl sites for hydroxylation is 1. The highest BCUT2D eigenvalue weighted by Gasteiger charge is 2.07. The first-order valence-corrected chi connectivity index (χ1v) is 4.87. The minimum absolute atomic E-state index is 0.109. The average molecular weight is 208 g/mol. The Kier molecular flexibility index (Phi) is 4.12. The van der Waals surface area contributed by atoms with E-state index in [1.807, 2.05) is 7.05 Å². The van der Waals surface area contributed by atoms with E-state index < -0.39 is 0 Å². The summed E-state index contributed by atoms with van der Waals surface area (Å²) in [6.07, 6.45) is 0. The standard InChI is InChI=1S/C11H16N2O2/c1-8-7-9(14)3-4-10(8)11(15)13-6-5-12-2/h3-4,7,12,14H,5-6H2,1-2H3,(H,13,15). The lowest BCUT2D eigenvalue weighted by Crippen LogP contribution is -2.30. The van der Waals surface area contributed by atoms with Gasteiger partial charge in [-0.25, -0.2) is 0 Å². The van der Waals surface area contributed by atoms with E-state index in [2.05, 4.69) is 10.6 Å². The lowest BCUT2D eigenvalue weighted by molar-refractivity contribution is 0.0953. The van der Waals surface area contributed by atoms with Gasteiger partial charge in [-0.15, -0.1) is 0 Å². The largest absolute Gasteiger partial charge is 0.508 e. The summed E-state index contributed by atoms with van der Waals surface area (Å²) < 4.78 is 0. The Morgan fingerprint density at radius 1 is 1.40 bits per heavy atom. The third-order valence-corrected chi connectivity index (χ3v) is 2.12. The zero-order chi connectivity index (χ0) is 11.3. The molecule has 1 amide bonds. The van der Waals surface area contributed by atoms with Crippen molar-refractivity contribution in [1.29, 1.82) is 0 Å². The molecule has 82 valence electrons. The molecule has 0 saturated heterocycles. The van der Waals surface area contributed by atoms with Crippen LogP contribution < -0.4 is 10.6 Å². The average Bonchev–Trinajstić information content (AvgIpc) is 2.17. The molecular weight excluding hydrogens is 192 g/mol. The Morgan fingerprint density at radius 3 is 2.73 bits per heavy atom. The molecule has 0 heterocycles. The van der Waals surface area contributed by atoms with Crippen LogP contribution in [0.5, 0.6) is 5.75 Å². The van der Waals surface area contributed by atoms with Crippen molar-refractivity contribution in [3.05, 3.63) is 29.3 Å². The Labute approximate surface area is 89.3 Å². The van der Waals surface area contributed by atoms with Crippen LogP contribution in [-0.4, -0.2) is 31.2 Å². The molecule has 1 aromatic rings. The number of hydrogen-bond acceptors (Lipinski definition) is 3. The number of phenols is 1. The molecule has 1 aromatic carbocycles. The van der Waals surface area contributed by atoms with Gasteiger partial charge >= 0.3 is 0 Å². The quantitative estimate of drug-likeness (QED) is 0.637. The summed E-state index contributed by atoms with van der Waals surface area (Å²) in [5, 5.41) is 14.9. The highest BCUT2D eigenvalue weighted by Crippen LogP contribution is 2.15. The lowest BCUT2D eigenvalue weighted by Gasteiger charge is -2.07. The maximum atomic E-state index is 11.6. The molecule has 0 fully saturated rings. The summed E-state index contributed by atoms with van der Waals surface area (Å²) in [5.74, 6) is 0.0713. The molecule has 0 unspecified atom stereocenters. The van der Waals surface area contributed by atoms with Gasteiger partial charge in [0.25, 0.3) is 5.91 Å². The SMILES string of the molecule is CNCCNC(=O)c1ccc(O)cc1C. The second kappa shape index (κ2) is 5.36. The van der Waals surface area contributed by atoms with Gasteiger partial charge in [-0.05, 0) is 37.7 Å². The highest BCUT2D eigenvalue weighted by molar-refractivity contribution is 5.95. The summed E-state index contributed by atoms with van der Waals surface area (Å²) in [6, 6.07) is 4.71. The van der Waals surface area contributed by atoms with E-state index in [9.17, 15) is 9.90 Å². The number of carbonyl (C=O) groups excluding carboxylic acids is 1. The molecule has 15 heavy (non-hydrogen) atoms. The van der Waals surface area contributed by atoms with Crippen LogP contribution in [0.2, 0.25) is 0 Å². The van der Waals surface area contributed by atoms with Crippen LogP contribution in [0.25, 0.3) is 0 Å². The molecule has 0 aliphatic carbocycles.